The van der Waals surface area contributed by atoms with E-state index in [9.17, 15) is 5.11 Å². The van der Waals surface area contributed by atoms with Crippen LogP contribution in [0.5, 0.6) is 0 Å². The van der Waals surface area contributed by atoms with Gasteiger partial charge >= 0.3 is 0 Å². The van der Waals surface area contributed by atoms with E-state index in [1.54, 1.807) is 12.4 Å². The average Bonchev–Trinajstić information content (AvgIpc) is 2.84. The van der Waals surface area contributed by atoms with Crippen LogP contribution in [0.25, 0.3) is 0 Å². The normalized spacial score (nSPS) is 29.6. The number of hydrogen-bond acceptors (Lipinski definition) is 2. The lowest BCUT2D eigenvalue weighted by Gasteiger charge is -2.23. The molecule has 3 unspecified atom stereocenters. The molecule has 1 heterocycles. The summed E-state index contributed by atoms with van der Waals surface area (Å²) in [5.74, 6) is 1.17. The van der Waals surface area contributed by atoms with Gasteiger partial charge in [-0.15, -0.1) is 0 Å². The fourth-order valence-electron chi connectivity index (χ4n) is 2.23. The molecule has 2 heteroatoms. The molecular formula is C12H17NO. The molecule has 1 aliphatic rings. The van der Waals surface area contributed by atoms with E-state index < -0.39 is 5.60 Å². The van der Waals surface area contributed by atoms with Gasteiger partial charge in [-0.1, -0.05) is 6.92 Å². The Morgan fingerprint density at radius 1 is 1.50 bits per heavy atom. The van der Waals surface area contributed by atoms with Crippen LogP contribution in [0.3, 0.4) is 0 Å². The van der Waals surface area contributed by atoms with Gasteiger partial charge in [0.25, 0.3) is 0 Å². The second kappa shape index (κ2) is 3.35. The first-order chi connectivity index (χ1) is 6.59. The minimum Gasteiger partial charge on any atom is -0.390 e. The van der Waals surface area contributed by atoms with Crippen molar-refractivity contribution < 1.29 is 5.11 Å². The van der Waals surface area contributed by atoms with Crippen LogP contribution >= 0.6 is 0 Å². The van der Waals surface area contributed by atoms with Gasteiger partial charge in [-0.3, -0.25) is 4.98 Å². The number of pyridine rings is 1. The van der Waals surface area contributed by atoms with Gasteiger partial charge in [-0.25, -0.2) is 0 Å². The summed E-state index contributed by atoms with van der Waals surface area (Å²) >= 11 is 0. The van der Waals surface area contributed by atoms with Crippen LogP contribution < -0.4 is 0 Å². The molecule has 3 atom stereocenters. The fraction of sp³-hybridized carbons (Fsp3) is 0.583. The summed E-state index contributed by atoms with van der Waals surface area (Å²) in [4.78, 5) is 3.97. The zero-order valence-electron chi connectivity index (χ0n) is 8.77. The summed E-state index contributed by atoms with van der Waals surface area (Å²) in [6, 6.07) is 3.95. The summed E-state index contributed by atoms with van der Waals surface area (Å²) in [5.41, 5.74) is 0.630. The van der Waals surface area contributed by atoms with Crippen molar-refractivity contribution in [3.8, 4) is 0 Å². The highest BCUT2D eigenvalue weighted by Crippen LogP contribution is 2.46. The number of hydrogen-bond donors (Lipinski definition) is 1. The molecule has 0 saturated heterocycles. The van der Waals surface area contributed by atoms with E-state index in [0.29, 0.717) is 11.8 Å². The van der Waals surface area contributed by atoms with Crippen LogP contribution in [0, 0.1) is 11.8 Å². The smallest absolute Gasteiger partial charge is 0.0690 e. The van der Waals surface area contributed by atoms with Crippen molar-refractivity contribution >= 4 is 0 Å². The van der Waals surface area contributed by atoms with Gasteiger partial charge < -0.3 is 5.11 Å². The van der Waals surface area contributed by atoms with Gasteiger partial charge in [0.15, 0.2) is 0 Å². The highest BCUT2D eigenvalue weighted by Gasteiger charge is 2.46. The molecule has 1 aromatic heterocycles. The molecule has 1 N–H and O–H groups in total. The third-order valence-corrected chi connectivity index (χ3v) is 3.22. The van der Waals surface area contributed by atoms with Gasteiger partial charge in [0.2, 0.25) is 0 Å². The van der Waals surface area contributed by atoms with Gasteiger partial charge in [0.1, 0.15) is 0 Å². The van der Waals surface area contributed by atoms with E-state index in [1.807, 2.05) is 19.1 Å². The van der Waals surface area contributed by atoms with Crippen molar-refractivity contribution in [2.24, 2.45) is 11.8 Å². The standard InChI is InChI=1S/C12H17NO/c1-9-7-11(9)12(2,14)8-10-3-5-13-6-4-10/h3-6,9,11,14H,7-8H2,1-2H3. The fourth-order valence-corrected chi connectivity index (χ4v) is 2.23. The van der Waals surface area contributed by atoms with Crippen molar-refractivity contribution in [2.75, 3.05) is 0 Å². The number of aliphatic hydroxyl groups is 1. The van der Waals surface area contributed by atoms with Crippen molar-refractivity contribution in [2.45, 2.75) is 32.3 Å². The van der Waals surface area contributed by atoms with E-state index in [1.165, 1.54) is 5.56 Å². The van der Waals surface area contributed by atoms with Crippen molar-refractivity contribution in [3.63, 3.8) is 0 Å². The highest BCUT2D eigenvalue weighted by molar-refractivity contribution is 5.14. The summed E-state index contributed by atoms with van der Waals surface area (Å²) in [6.45, 7) is 4.15. The predicted octanol–water partition coefficient (Wildman–Crippen LogP) is 2.03. The van der Waals surface area contributed by atoms with Gasteiger partial charge in [-0.05, 0) is 42.9 Å². The maximum absolute atomic E-state index is 10.3. The van der Waals surface area contributed by atoms with Crippen LogP contribution in [-0.4, -0.2) is 15.7 Å². The maximum Gasteiger partial charge on any atom is 0.0690 e. The third-order valence-electron chi connectivity index (χ3n) is 3.22. The summed E-state index contributed by atoms with van der Waals surface area (Å²) in [7, 11) is 0. The van der Waals surface area contributed by atoms with E-state index in [4.69, 9.17) is 0 Å². The van der Waals surface area contributed by atoms with Crippen LogP contribution in [-0.2, 0) is 6.42 Å². The molecule has 1 aliphatic carbocycles. The Morgan fingerprint density at radius 3 is 2.57 bits per heavy atom. The molecular weight excluding hydrogens is 174 g/mol. The number of nitrogens with zero attached hydrogens (tertiary/aromatic N) is 1. The van der Waals surface area contributed by atoms with Crippen LogP contribution in [0.1, 0.15) is 25.8 Å². The van der Waals surface area contributed by atoms with E-state index >= 15 is 0 Å². The molecule has 14 heavy (non-hydrogen) atoms. The zero-order valence-corrected chi connectivity index (χ0v) is 8.77. The second-order valence-electron chi connectivity index (χ2n) is 4.71. The van der Waals surface area contributed by atoms with E-state index in [0.717, 1.165) is 12.8 Å². The molecule has 0 bridgehead atoms. The Hall–Kier alpha value is -0.890. The Kier molecular flexibility index (Phi) is 2.31. The Labute approximate surface area is 85.0 Å². The van der Waals surface area contributed by atoms with Crippen LogP contribution in [0.2, 0.25) is 0 Å². The molecule has 1 fully saturated rings. The Balaban J connectivity index is 2.03. The minimum atomic E-state index is -0.541. The first kappa shape index (κ1) is 9.66. The molecule has 1 saturated carbocycles. The van der Waals surface area contributed by atoms with Crippen molar-refractivity contribution in [3.05, 3.63) is 30.1 Å². The lowest BCUT2D eigenvalue weighted by atomic mass is 9.91. The summed E-state index contributed by atoms with van der Waals surface area (Å²) < 4.78 is 0. The molecule has 76 valence electrons. The van der Waals surface area contributed by atoms with E-state index in [2.05, 4.69) is 11.9 Å². The monoisotopic (exact) mass is 191 g/mol. The van der Waals surface area contributed by atoms with Crippen molar-refractivity contribution in [1.29, 1.82) is 0 Å². The second-order valence-corrected chi connectivity index (χ2v) is 4.71. The first-order valence-electron chi connectivity index (χ1n) is 5.21. The van der Waals surface area contributed by atoms with Gasteiger partial charge in [0.05, 0.1) is 5.60 Å². The largest absolute Gasteiger partial charge is 0.390 e. The van der Waals surface area contributed by atoms with Crippen LogP contribution in [0.4, 0.5) is 0 Å². The number of rotatable bonds is 3. The molecule has 0 radical (unpaired) electrons. The maximum atomic E-state index is 10.3. The molecule has 2 rings (SSSR count). The topological polar surface area (TPSA) is 33.1 Å². The molecule has 2 nitrogen and oxygen atoms in total. The predicted molar refractivity (Wildman–Crippen MR) is 55.8 cm³/mol. The minimum absolute atomic E-state index is 0.482. The van der Waals surface area contributed by atoms with Gasteiger partial charge in [-0.2, -0.15) is 0 Å². The third kappa shape index (κ3) is 1.95. The van der Waals surface area contributed by atoms with E-state index in [-0.39, 0.29) is 0 Å². The van der Waals surface area contributed by atoms with Crippen molar-refractivity contribution in [1.82, 2.24) is 4.98 Å². The Morgan fingerprint density at radius 2 is 2.07 bits per heavy atom. The molecule has 0 aromatic carbocycles. The van der Waals surface area contributed by atoms with Gasteiger partial charge in [0, 0.05) is 18.8 Å². The highest BCUT2D eigenvalue weighted by atomic mass is 16.3. The lowest BCUT2D eigenvalue weighted by molar-refractivity contribution is 0.0325. The molecule has 0 amide bonds. The average molecular weight is 191 g/mol. The number of aromatic nitrogens is 1. The molecule has 0 aliphatic heterocycles. The zero-order chi connectivity index (χ0) is 10.2. The summed E-state index contributed by atoms with van der Waals surface area (Å²) in [6.07, 6.45) is 5.46. The quantitative estimate of drug-likeness (QED) is 0.793. The first-order valence-corrected chi connectivity index (χ1v) is 5.21. The Bertz CT molecular complexity index is 307. The molecule has 1 aromatic rings. The lowest BCUT2D eigenvalue weighted by Crippen LogP contribution is -2.30. The van der Waals surface area contributed by atoms with Crippen LogP contribution in [0.15, 0.2) is 24.5 Å². The SMILES string of the molecule is CC1CC1C(C)(O)Cc1ccncc1. The molecule has 0 spiro atoms. The summed E-state index contributed by atoms with van der Waals surface area (Å²) in [5, 5.41) is 10.3.